The van der Waals surface area contributed by atoms with Gasteiger partial charge in [-0.2, -0.15) is 0 Å². The lowest BCUT2D eigenvalue weighted by atomic mass is 9.84. The molecule has 0 spiro atoms. The van der Waals surface area contributed by atoms with Crippen molar-refractivity contribution in [3.05, 3.63) is 11.3 Å². The number of hydrogen-bond donors (Lipinski definition) is 1. The third-order valence-corrected chi connectivity index (χ3v) is 3.07. The molecule has 1 nitrogen and oxygen atoms in total. The fourth-order valence-electron chi connectivity index (χ4n) is 1.99. The SMILES string of the molecule is NC(=C1CC1)C1CCC(F)(F)CC1. The molecule has 0 bridgehead atoms. The molecule has 74 valence electrons. The predicted octanol–water partition coefficient (Wildman–Crippen LogP) is 2.82. The third kappa shape index (κ3) is 2.01. The summed E-state index contributed by atoms with van der Waals surface area (Å²) >= 11 is 0. The lowest BCUT2D eigenvalue weighted by molar-refractivity contribution is -0.0422. The van der Waals surface area contributed by atoms with Crippen LogP contribution in [-0.2, 0) is 0 Å². The Balaban J connectivity index is 1.95. The van der Waals surface area contributed by atoms with Gasteiger partial charge in [-0.15, -0.1) is 0 Å². The van der Waals surface area contributed by atoms with Crippen molar-refractivity contribution in [3.63, 3.8) is 0 Å². The summed E-state index contributed by atoms with van der Waals surface area (Å²) in [6.07, 6.45) is 3.37. The second kappa shape index (κ2) is 2.96. The molecular weight excluding hydrogens is 172 g/mol. The quantitative estimate of drug-likeness (QED) is 0.671. The van der Waals surface area contributed by atoms with E-state index in [9.17, 15) is 8.78 Å². The Kier molecular flexibility index (Phi) is 2.05. The molecule has 0 radical (unpaired) electrons. The minimum absolute atomic E-state index is 0.0195. The molecule has 2 aliphatic carbocycles. The van der Waals surface area contributed by atoms with E-state index in [4.69, 9.17) is 5.73 Å². The maximum atomic E-state index is 12.8. The molecule has 0 aromatic rings. The normalized spacial score (nSPS) is 27.4. The summed E-state index contributed by atoms with van der Waals surface area (Å²) < 4.78 is 25.6. The highest BCUT2D eigenvalue weighted by atomic mass is 19.3. The van der Waals surface area contributed by atoms with Gasteiger partial charge in [0.1, 0.15) is 0 Å². The molecule has 0 aromatic carbocycles. The van der Waals surface area contributed by atoms with Crippen LogP contribution in [-0.4, -0.2) is 5.92 Å². The Morgan fingerprint density at radius 3 is 2.23 bits per heavy atom. The predicted molar refractivity (Wildman–Crippen MR) is 47.4 cm³/mol. The molecule has 2 fully saturated rings. The zero-order chi connectivity index (χ0) is 9.47. The average molecular weight is 187 g/mol. The highest BCUT2D eigenvalue weighted by Crippen LogP contribution is 2.41. The lowest BCUT2D eigenvalue weighted by Crippen LogP contribution is -2.27. The topological polar surface area (TPSA) is 26.0 Å². The van der Waals surface area contributed by atoms with Crippen LogP contribution < -0.4 is 5.73 Å². The molecule has 13 heavy (non-hydrogen) atoms. The zero-order valence-corrected chi connectivity index (χ0v) is 7.65. The molecule has 3 heteroatoms. The van der Waals surface area contributed by atoms with Crippen molar-refractivity contribution in [1.29, 1.82) is 0 Å². The van der Waals surface area contributed by atoms with Gasteiger partial charge in [-0.3, -0.25) is 0 Å². The molecule has 2 rings (SSSR count). The largest absolute Gasteiger partial charge is 0.402 e. The van der Waals surface area contributed by atoms with Crippen molar-refractivity contribution in [2.45, 2.75) is 44.4 Å². The molecule has 2 N–H and O–H groups in total. The summed E-state index contributed by atoms with van der Waals surface area (Å²) in [5.74, 6) is -2.18. The van der Waals surface area contributed by atoms with Crippen LogP contribution in [0.4, 0.5) is 8.78 Å². The Hall–Kier alpha value is -0.600. The van der Waals surface area contributed by atoms with E-state index in [0.717, 1.165) is 18.5 Å². The lowest BCUT2D eigenvalue weighted by Gasteiger charge is -2.28. The first-order valence-electron chi connectivity index (χ1n) is 4.94. The van der Waals surface area contributed by atoms with Crippen LogP contribution in [0.5, 0.6) is 0 Å². The minimum atomic E-state index is -2.43. The van der Waals surface area contributed by atoms with Gasteiger partial charge in [-0.05, 0) is 31.6 Å². The van der Waals surface area contributed by atoms with E-state index in [0.29, 0.717) is 12.8 Å². The molecule has 0 heterocycles. The van der Waals surface area contributed by atoms with Crippen molar-refractivity contribution < 1.29 is 8.78 Å². The van der Waals surface area contributed by atoms with Crippen molar-refractivity contribution in [3.8, 4) is 0 Å². The van der Waals surface area contributed by atoms with E-state index in [1.54, 1.807) is 0 Å². The van der Waals surface area contributed by atoms with Gasteiger partial charge in [0.05, 0.1) is 0 Å². The van der Waals surface area contributed by atoms with Gasteiger partial charge in [0.25, 0.3) is 0 Å². The van der Waals surface area contributed by atoms with Crippen molar-refractivity contribution in [2.24, 2.45) is 11.7 Å². The summed E-state index contributed by atoms with van der Waals surface area (Å²) in [4.78, 5) is 0. The molecule has 0 unspecified atom stereocenters. The Bertz CT molecular complexity index is 229. The van der Waals surface area contributed by atoms with Gasteiger partial charge in [0.15, 0.2) is 0 Å². The van der Waals surface area contributed by atoms with Gasteiger partial charge in [-0.1, -0.05) is 5.57 Å². The fraction of sp³-hybridized carbons (Fsp3) is 0.800. The van der Waals surface area contributed by atoms with E-state index in [-0.39, 0.29) is 18.8 Å². The maximum Gasteiger partial charge on any atom is 0.248 e. The Morgan fingerprint density at radius 1 is 1.23 bits per heavy atom. The average Bonchev–Trinajstić information content (AvgIpc) is 2.85. The number of allylic oxidation sites excluding steroid dienone is 2. The summed E-state index contributed by atoms with van der Waals surface area (Å²) in [6.45, 7) is 0. The number of hydrogen-bond acceptors (Lipinski definition) is 1. The van der Waals surface area contributed by atoms with Crippen LogP contribution in [0.1, 0.15) is 38.5 Å². The molecule has 0 aliphatic heterocycles. The highest BCUT2D eigenvalue weighted by Gasteiger charge is 2.36. The first-order valence-corrected chi connectivity index (χ1v) is 4.94. The molecule has 0 saturated heterocycles. The summed E-state index contributed by atoms with van der Waals surface area (Å²) in [6, 6.07) is 0. The summed E-state index contributed by atoms with van der Waals surface area (Å²) in [5.41, 5.74) is 8.12. The first-order chi connectivity index (χ1) is 6.08. The summed E-state index contributed by atoms with van der Waals surface area (Å²) in [7, 11) is 0. The first kappa shape index (κ1) is 8.97. The molecule has 0 aromatic heterocycles. The van der Waals surface area contributed by atoms with Gasteiger partial charge in [-0.25, -0.2) is 8.78 Å². The van der Waals surface area contributed by atoms with E-state index < -0.39 is 5.92 Å². The number of halogens is 2. The van der Waals surface area contributed by atoms with Gasteiger partial charge < -0.3 is 5.73 Å². The van der Waals surface area contributed by atoms with Crippen LogP contribution in [0.15, 0.2) is 11.3 Å². The highest BCUT2D eigenvalue weighted by molar-refractivity contribution is 5.25. The number of rotatable bonds is 1. The van der Waals surface area contributed by atoms with Crippen LogP contribution in [0.25, 0.3) is 0 Å². The molecule has 0 amide bonds. The number of nitrogens with two attached hydrogens (primary N) is 1. The second-order valence-corrected chi connectivity index (χ2v) is 4.19. The van der Waals surface area contributed by atoms with Crippen LogP contribution in [0, 0.1) is 5.92 Å². The van der Waals surface area contributed by atoms with E-state index in [2.05, 4.69) is 0 Å². The monoisotopic (exact) mass is 187 g/mol. The van der Waals surface area contributed by atoms with E-state index in [1.165, 1.54) is 5.57 Å². The zero-order valence-electron chi connectivity index (χ0n) is 7.65. The van der Waals surface area contributed by atoms with Gasteiger partial charge in [0, 0.05) is 18.5 Å². The molecule has 2 saturated carbocycles. The van der Waals surface area contributed by atoms with Crippen molar-refractivity contribution in [2.75, 3.05) is 0 Å². The standard InChI is InChI=1S/C10H15F2N/c11-10(12)5-3-8(4-6-10)9(13)7-1-2-7/h8H,1-6,13H2. The Labute approximate surface area is 77.0 Å². The van der Waals surface area contributed by atoms with Crippen LogP contribution >= 0.6 is 0 Å². The second-order valence-electron chi connectivity index (χ2n) is 4.19. The fourth-order valence-corrected chi connectivity index (χ4v) is 1.99. The van der Waals surface area contributed by atoms with E-state index >= 15 is 0 Å². The van der Waals surface area contributed by atoms with Crippen LogP contribution in [0.3, 0.4) is 0 Å². The smallest absolute Gasteiger partial charge is 0.248 e. The maximum absolute atomic E-state index is 12.8. The van der Waals surface area contributed by atoms with Crippen molar-refractivity contribution in [1.82, 2.24) is 0 Å². The van der Waals surface area contributed by atoms with Gasteiger partial charge >= 0.3 is 0 Å². The number of alkyl halides is 2. The summed E-state index contributed by atoms with van der Waals surface area (Å²) in [5, 5.41) is 0. The van der Waals surface area contributed by atoms with E-state index in [1.807, 2.05) is 0 Å². The minimum Gasteiger partial charge on any atom is -0.402 e. The Morgan fingerprint density at radius 2 is 1.77 bits per heavy atom. The third-order valence-electron chi connectivity index (χ3n) is 3.07. The van der Waals surface area contributed by atoms with Crippen molar-refractivity contribution >= 4 is 0 Å². The van der Waals surface area contributed by atoms with Crippen LogP contribution in [0.2, 0.25) is 0 Å². The molecule has 0 atom stereocenters. The molecular formula is C10H15F2N. The van der Waals surface area contributed by atoms with Gasteiger partial charge in [0.2, 0.25) is 5.92 Å². The molecule has 2 aliphatic rings.